The number of aromatic nitrogens is 2. The average molecular weight is 172 g/mol. The standard InChI is InChI=1S/C11H12N2/c1-2-9(3-1)10-4-6-13-7-5-12-11(13)8-10/h4-9H,1-3H2. The van der Waals surface area contributed by atoms with E-state index < -0.39 is 0 Å². The fourth-order valence-electron chi connectivity index (χ4n) is 1.92. The Bertz CT molecular complexity index is 426. The molecule has 1 aliphatic rings. The van der Waals surface area contributed by atoms with Gasteiger partial charge in [0.1, 0.15) is 5.65 Å². The van der Waals surface area contributed by atoms with Gasteiger partial charge in [-0.2, -0.15) is 0 Å². The van der Waals surface area contributed by atoms with Crippen LogP contribution in [0.2, 0.25) is 0 Å². The van der Waals surface area contributed by atoms with E-state index >= 15 is 0 Å². The molecule has 1 aliphatic carbocycles. The van der Waals surface area contributed by atoms with Crippen LogP contribution < -0.4 is 0 Å². The first-order valence-corrected chi connectivity index (χ1v) is 4.86. The van der Waals surface area contributed by atoms with Gasteiger partial charge >= 0.3 is 0 Å². The summed E-state index contributed by atoms with van der Waals surface area (Å²) in [6.45, 7) is 0. The van der Waals surface area contributed by atoms with Gasteiger partial charge in [-0.15, -0.1) is 0 Å². The molecule has 0 spiro atoms. The van der Waals surface area contributed by atoms with Crippen molar-refractivity contribution in [2.24, 2.45) is 0 Å². The van der Waals surface area contributed by atoms with E-state index in [1.54, 1.807) is 0 Å². The highest BCUT2D eigenvalue weighted by Crippen LogP contribution is 2.36. The van der Waals surface area contributed by atoms with Crippen LogP contribution in [0.4, 0.5) is 0 Å². The van der Waals surface area contributed by atoms with E-state index in [-0.39, 0.29) is 0 Å². The summed E-state index contributed by atoms with van der Waals surface area (Å²) in [6, 6.07) is 4.43. The first-order valence-electron chi connectivity index (χ1n) is 4.86. The number of pyridine rings is 1. The summed E-state index contributed by atoms with van der Waals surface area (Å²) in [5, 5.41) is 0. The van der Waals surface area contributed by atoms with E-state index in [1.807, 2.05) is 12.4 Å². The quantitative estimate of drug-likeness (QED) is 0.646. The lowest BCUT2D eigenvalue weighted by Gasteiger charge is -2.25. The lowest BCUT2D eigenvalue weighted by Crippen LogP contribution is -2.08. The maximum absolute atomic E-state index is 4.28. The molecule has 66 valence electrons. The molecule has 1 fully saturated rings. The Hall–Kier alpha value is -1.31. The Kier molecular flexibility index (Phi) is 1.42. The van der Waals surface area contributed by atoms with Gasteiger partial charge in [0.25, 0.3) is 0 Å². The minimum Gasteiger partial charge on any atom is -0.307 e. The lowest BCUT2D eigenvalue weighted by atomic mass is 9.80. The molecule has 2 heterocycles. The Labute approximate surface area is 77.2 Å². The second kappa shape index (κ2) is 2.59. The summed E-state index contributed by atoms with van der Waals surface area (Å²) in [7, 11) is 0. The summed E-state index contributed by atoms with van der Waals surface area (Å²) in [6.07, 6.45) is 10.0. The second-order valence-corrected chi connectivity index (χ2v) is 3.78. The van der Waals surface area contributed by atoms with Crippen LogP contribution >= 0.6 is 0 Å². The summed E-state index contributed by atoms with van der Waals surface area (Å²) in [4.78, 5) is 4.28. The SMILES string of the molecule is c1cn2ccc(C3CCC3)cc2n1. The van der Waals surface area contributed by atoms with Gasteiger partial charge < -0.3 is 4.40 Å². The Morgan fingerprint density at radius 3 is 3.00 bits per heavy atom. The molecule has 0 saturated heterocycles. The van der Waals surface area contributed by atoms with Crippen LogP contribution in [0.25, 0.3) is 5.65 Å². The molecule has 0 N–H and O–H groups in total. The van der Waals surface area contributed by atoms with E-state index in [0.29, 0.717) is 0 Å². The maximum Gasteiger partial charge on any atom is 0.136 e. The fourth-order valence-corrected chi connectivity index (χ4v) is 1.92. The van der Waals surface area contributed by atoms with E-state index in [2.05, 4.69) is 27.7 Å². The third-order valence-electron chi connectivity index (χ3n) is 3.00. The van der Waals surface area contributed by atoms with Gasteiger partial charge in [0.2, 0.25) is 0 Å². The molecule has 2 aromatic rings. The summed E-state index contributed by atoms with van der Waals surface area (Å²) >= 11 is 0. The van der Waals surface area contributed by atoms with Crippen molar-refractivity contribution in [3.63, 3.8) is 0 Å². The molecule has 2 aromatic heterocycles. The fraction of sp³-hybridized carbons (Fsp3) is 0.364. The third-order valence-corrected chi connectivity index (χ3v) is 3.00. The van der Waals surface area contributed by atoms with Gasteiger partial charge in [-0.1, -0.05) is 6.42 Å². The number of fused-ring (bicyclic) bond motifs is 1. The van der Waals surface area contributed by atoms with Gasteiger partial charge in [0, 0.05) is 18.6 Å². The summed E-state index contributed by atoms with van der Waals surface area (Å²) in [5.74, 6) is 0.807. The summed E-state index contributed by atoms with van der Waals surface area (Å²) in [5.41, 5.74) is 2.54. The van der Waals surface area contributed by atoms with Gasteiger partial charge in [0.05, 0.1) is 0 Å². The predicted molar refractivity (Wildman–Crippen MR) is 51.8 cm³/mol. The molecule has 1 saturated carbocycles. The van der Waals surface area contributed by atoms with Crippen LogP contribution in [0.5, 0.6) is 0 Å². The molecule has 0 unspecified atom stereocenters. The van der Waals surface area contributed by atoms with Crippen molar-refractivity contribution in [3.8, 4) is 0 Å². The van der Waals surface area contributed by atoms with E-state index in [9.17, 15) is 0 Å². The predicted octanol–water partition coefficient (Wildman–Crippen LogP) is 2.60. The molecular weight excluding hydrogens is 160 g/mol. The molecule has 0 amide bonds. The number of imidazole rings is 1. The van der Waals surface area contributed by atoms with E-state index in [0.717, 1.165) is 11.6 Å². The van der Waals surface area contributed by atoms with Crippen molar-refractivity contribution in [2.75, 3.05) is 0 Å². The van der Waals surface area contributed by atoms with Crippen LogP contribution in [0, 0.1) is 0 Å². The molecule has 0 atom stereocenters. The second-order valence-electron chi connectivity index (χ2n) is 3.78. The molecular formula is C11H12N2. The molecule has 0 bridgehead atoms. The summed E-state index contributed by atoms with van der Waals surface area (Å²) < 4.78 is 2.06. The smallest absolute Gasteiger partial charge is 0.136 e. The molecule has 3 rings (SSSR count). The van der Waals surface area contributed by atoms with Gasteiger partial charge in [-0.05, 0) is 36.5 Å². The van der Waals surface area contributed by atoms with Crippen LogP contribution in [-0.4, -0.2) is 9.38 Å². The lowest BCUT2D eigenvalue weighted by molar-refractivity contribution is 0.419. The Morgan fingerprint density at radius 1 is 1.31 bits per heavy atom. The zero-order valence-corrected chi connectivity index (χ0v) is 7.48. The minimum atomic E-state index is 0.807. The molecule has 0 aliphatic heterocycles. The largest absolute Gasteiger partial charge is 0.307 e. The molecule has 2 nitrogen and oxygen atoms in total. The van der Waals surface area contributed by atoms with Crippen LogP contribution in [0.3, 0.4) is 0 Å². The highest BCUT2D eigenvalue weighted by Gasteiger charge is 2.19. The number of hydrogen-bond acceptors (Lipinski definition) is 1. The molecule has 2 heteroatoms. The first kappa shape index (κ1) is 7.13. The van der Waals surface area contributed by atoms with Crippen molar-refractivity contribution < 1.29 is 0 Å². The third kappa shape index (κ3) is 1.05. The Morgan fingerprint density at radius 2 is 2.23 bits per heavy atom. The van der Waals surface area contributed by atoms with Crippen molar-refractivity contribution in [3.05, 3.63) is 36.3 Å². The van der Waals surface area contributed by atoms with Crippen molar-refractivity contribution in [2.45, 2.75) is 25.2 Å². The maximum atomic E-state index is 4.28. The van der Waals surface area contributed by atoms with Crippen LogP contribution in [0.1, 0.15) is 30.7 Å². The van der Waals surface area contributed by atoms with Gasteiger partial charge in [-0.25, -0.2) is 4.98 Å². The van der Waals surface area contributed by atoms with Crippen LogP contribution in [-0.2, 0) is 0 Å². The first-order chi connectivity index (χ1) is 6.43. The molecule has 13 heavy (non-hydrogen) atoms. The minimum absolute atomic E-state index is 0.807. The van der Waals surface area contributed by atoms with Crippen LogP contribution in [0.15, 0.2) is 30.7 Å². The highest BCUT2D eigenvalue weighted by atomic mass is 15.0. The zero-order chi connectivity index (χ0) is 8.67. The normalized spacial score (nSPS) is 17.5. The number of rotatable bonds is 1. The highest BCUT2D eigenvalue weighted by molar-refractivity contribution is 5.42. The zero-order valence-electron chi connectivity index (χ0n) is 7.48. The molecule has 0 aromatic carbocycles. The van der Waals surface area contributed by atoms with E-state index in [4.69, 9.17) is 0 Å². The van der Waals surface area contributed by atoms with Crippen molar-refractivity contribution in [1.82, 2.24) is 9.38 Å². The monoisotopic (exact) mass is 172 g/mol. The van der Waals surface area contributed by atoms with Gasteiger partial charge in [-0.3, -0.25) is 0 Å². The molecule has 0 radical (unpaired) electrons. The average Bonchev–Trinajstić information content (AvgIpc) is 2.47. The number of hydrogen-bond donors (Lipinski definition) is 0. The van der Waals surface area contributed by atoms with E-state index in [1.165, 1.54) is 24.8 Å². The topological polar surface area (TPSA) is 17.3 Å². The van der Waals surface area contributed by atoms with Crippen molar-refractivity contribution in [1.29, 1.82) is 0 Å². The Balaban J connectivity index is 2.09. The van der Waals surface area contributed by atoms with Gasteiger partial charge in [0.15, 0.2) is 0 Å². The van der Waals surface area contributed by atoms with Crippen molar-refractivity contribution >= 4 is 5.65 Å². The number of nitrogens with zero attached hydrogens (tertiary/aromatic N) is 2.